The van der Waals surface area contributed by atoms with Crippen molar-refractivity contribution < 1.29 is 17.6 Å². The molecule has 7 heteroatoms. The number of piperidine rings is 1. The number of nitrogens with one attached hydrogen (secondary N) is 1. The van der Waals surface area contributed by atoms with Crippen molar-refractivity contribution >= 4 is 21.6 Å². The Bertz CT molecular complexity index is 913. The molecule has 1 aliphatic heterocycles. The molecule has 1 fully saturated rings. The molecule has 2 aromatic rings. The van der Waals surface area contributed by atoms with E-state index in [1.807, 2.05) is 31.2 Å². The monoisotopic (exact) mass is 390 g/mol. The lowest BCUT2D eigenvalue weighted by Crippen LogP contribution is -2.45. The lowest BCUT2D eigenvalue weighted by Gasteiger charge is -2.34. The summed E-state index contributed by atoms with van der Waals surface area (Å²) in [6, 6.07) is 11.9. The first kappa shape index (κ1) is 19.5. The summed E-state index contributed by atoms with van der Waals surface area (Å²) in [6.07, 6.45) is 2.34. The van der Waals surface area contributed by atoms with E-state index in [1.165, 1.54) is 16.4 Å². The molecule has 0 aliphatic carbocycles. The van der Waals surface area contributed by atoms with Crippen LogP contribution in [0.3, 0.4) is 0 Å². The zero-order valence-electron chi connectivity index (χ0n) is 15.2. The minimum atomic E-state index is -3.77. The quantitative estimate of drug-likeness (QED) is 0.846. The lowest BCUT2D eigenvalue weighted by atomic mass is 10.0. The van der Waals surface area contributed by atoms with Crippen LogP contribution in [-0.4, -0.2) is 31.2 Å². The second-order valence-corrected chi connectivity index (χ2v) is 8.68. The Hall–Kier alpha value is -2.25. The van der Waals surface area contributed by atoms with Crippen molar-refractivity contribution in [2.45, 2.75) is 43.5 Å². The molecule has 0 spiro atoms. The highest BCUT2D eigenvalue weighted by Crippen LogP contribution is 2.27. The zero-order chi connectivity index (χ0) is 19.4. The Morgan fingerprint density at radius 1 is 1.15 bits per heavy atom. The van der Waals surface area contributed by atoms with Crippen LogP contribution in [0.15, 0.2) is 53.4 Å². The van der Waals surface area contributed by atoms with Crippen molar-refractivity contribution in [2.24, 2.45) is 0 Å². The van der Waals surface area contributed by atoms with Crippen LogP contribution in [0.5, 0.6) is 0 Å². The van der Waals surface area contributed by atoms with E-state index in [-0.39, 0.29) is 17.2 Å². The molecule has 0 unspecified atom stereocenters. The summed E-state index contributed by atoms with van der Waals surface area (Å²) >= 11 is 0. The first-order valence-electron chi connectivity index (χ1n) is 9.01. The molecule has 5 nitrogen and oxygen atoms in total. The smallest absolute Gasteiger partial charge is 0.243 e. The highest BCUT2D eigenvalue weighted by atomic mass is 32.2. The van der Waals surface area contributed by atoms with Crippen LogP contribution in [0.4, 0.5) is 10.1 Å². The highest BCUT2D eigenvalue weighted by Gasteiger charge is 2.34. The Kier molecular flexibility index (Phi) is 5.92. The summed E-state index contributed by atoms with van der Waals surface area (Å²) in [5.41, 5.74) is 1.68. The number of carbonyl (C=O) groups excluding carboxylic acids is 1. The van der Waals surface area contributed by atoms with Crippen LogP contribution < -0.4 is 5.32 Å². The summed E-state index contributed by atoms with van der Waals surface area (Å²) in [6.45, 7) is 2.27. The van der Waals surface area contributed by atoms with Gasteiger partial charge in [-0.15, -0.1) is 0 Å². The molecule has 144 valence electrons. The molecule has 1 atom stereocenters. The highest BCUT2D eigenvalue weighted by molar-refractivity contribution is 7.89. The average Bonchev–Trinajstić information content (AvgIpc) is 2.64. The number of aryl methyl sites for hydroxylation is 1. The van der Waals surface area contributed by atoms with E-state index in [0.717, 1.165) is 36.2 Å². The van der Waals surface area contributed by atoms with Crippen LogP contribution in [0.1, 0.15) is 31.2 Å². The molecule has 2 aromatic carbocycles. The van der Waals surface area contributed by atoms with Gasteiger partial charge in [0.2, 0.25) is 15.9 Å². The van der Waals surface area contributed by atoms with Crippen molar-refractivity contribution in [2.75, 3.05) is 11.9 Å². The van der Waals surface area contributed by atoms with Crippen molar-refractivity contribution in [3.05, 3.63) is 59.9 Å². The number of hydrogen-bond acceptors (Lipinski definition) is 3. The number of anilines is 1. The van der Waals surface area contributed by atoms with Crippen LogP contribution >= 0.6 is 0 Å². The molecule has 1 saturated heterocycles. The molecule has 27 heavy (non-hydrogen) atoms. The largest absolute Gasteiger partial charge is 0.326 e. The van der Waals surface area contributed by atoms with Gasteiger partial charge in [-0.05, 0) is 55.7 Å². The van der Waals surface area contributed by atoms with Crippen molar-refractivity contribution in [3.63, 3.8) is 0 Å². The second-order valence-electron chi connectivity index (χ2n) is 6.79. The Labute approximate surface area is 159 Å². The molecule has 3 rings (SSSR count). The van der Waals surface area contributed by atoms with Crippen LogP contribution in [0, 0.1) is 12.7 Å². The Balaban J connectivity index is 1.76. The fraction of sp³-hybridized carbons (Fsp3) is 0.350. The van der Waals surface area contributed by atoms with E-state index in [1.54, 1.807) is 0 Å². The maximum Gasteiger partial charge on any atom is 0.243 e. The predicted octanol–water partition coefficient (Wildman–Crippen LogP) is 3.71. The minimum absolute atomic E-state index is 0.0510. The third kappa shape index (κ3) is 4.54. The molecule has 0 saturated carbocycles. The summed E-state index contributed by atoms with van der Waals surface area (Å²) in [7, 11) is -3.77. The summed E-state index contributed by atoms with van der Waals surface area (Å²) in [4.78, 5) is 12.6. The number of benzene rings is 2. The SMILES string of the molecule is Cc1ccccc1NC(=O)C[C@@H]1CCCCN1S(=O)(=O)c1ccc(F)cc1. The van der Waals surface area contributed by atoms with Gasteiger partial charge in [0.15, 0.2) is 0 Å². The Morgan fingerprint density at radius 2 is 1.85 bits per heavy atom. The van der Waals surface area contributed by atoms with Crippen molar-refractivity contribution in [1.29, 1.82) is 0 Å². The van der Waals surface area contributed by atoms with Crippen LogP contribution in [0.25, 0.3) is 0 Å². The zero-order valence-corrected chi connectivity index (χ0v) is 16.0. The number of hydrogen-bond donors (Lipinski definition) is 1. The molecular weight excluding hydrogens is 367 g/mol. The summed E-state index contributed by atoms with van der Waals surface area (Å²) in [5.74, 6) is -0.697. The van der Waals surface area contributed by atoms with Gasteiger partial charge in [0.25, 0.3) is 0 Å². The topological polar surface area (TPSA) is 66.5 Å². The number of halogens is 1. The number of nitrogens with zero attached hydrogens (tertiary/aromatic N) is 1. The van der Waals surface area contributed by atoms with Gasteiger partial charge in [-0.3, -0.25) is 4.79 Å². The van der Waals surface area contributed by atoms with Gasteiger partial charge < -0.3 is 5.32 Å². The fourth-order valence-electron chi connectivity index (χ4n) is 3.36. The van der Waals surface area contributed by atoms with Gasteiger partial charge in [0.05, 0.1) is 4.90 Å². The van der Waals surface area contributed by atoms with Crippen LogP contribution in [0.2, 0.25) is 0 Å². The number of para-hydroxylation sites is 1. The first-order chi connectivity index (χ1) is 12.9. The first-order valence-corrected chi connectivity index (χ1v) is 10.4. The molecule has 1 aliphatic rings. The maximum atomic E-state index is 13.1. The van der Waals surface area contributed by atoms with Gasteiger partial charge in [-0.25, -0.2) is 12.8 Å². The molecule has 1 amide bonds. The maximum absolute atomic E-state index is 13.1. The standard InChI is InChI=1S/C20H23FN2O3S/c1-15-6-2-3-8-19(15)22-20(24)14-17-7-4-5-13-23(17)27(25,26)18-11-9-16(21)10-12-18/h2-3,6,8-12,17H,4-5,7,13-14H2,1H3,(H,22,24)/t17-/m0/s1. The molecule has 1 heterocycles. The van der Waals surface area contributed by atoms with Gasteiger partial charge in [0, 0.05) is 24.7 Å². The third-order valence-electron chi connectivity index (χ3n) is 4.83. The van der Waals surface area contributed by atoms with Gasteiger partial charge >= 0.3 is 0 Å². The number of amides is 1. The number of sulfonamides is 1. The molecule has 1 N–H and O–H groups in total. The van der Waals surface area contributed by atoms with E-state index in [9.17, 15) is 17.6 Å². The normalized spacial score (nSPS) is 18.2. The summed E-state index contributed by atoms with van der Waals surface area (Å²) in [5, 5.41) is 2.87. The van der Waals surface area contributed by atoms with E-state index < -0.39 is 21.9 Å². The van der Waals surface area contributed by atoms with Crippen molar-refractivity contribution in [1.82, 2.24) is 4.31 Å². The average molecular weight is 390 g/mol. The number of carbonyl (C=O) groups is 1. The lowest BCUT2D eigenvalue weighted by molar-refractivity contribution is -0.117. The Morgan fingerprint density at radius 3 is 2.56 bits per heavy atom. The predicted molar refractivity (Wildman–Crippen MR) is 102 cm³/mol. The van der Waals surface area contributed by atoms with Gasteiger partial charge in [-0.1, -0.05) is 24.6 Å². The molecule has 0 radical (unpaired) electrons. The van der Waals surface area contributed by atoms with Crippen molar-refractivity contribution in [3.8, 4) is 0 Å². The van der Waals surface area contributed by atoms with E-state index in [2.05, 4.69) is 5.32 Å². The van der Waals surface area contributed by atoms with Crippen LogP contribution in [-0.2, 0) is 14.8 Å². The minimum Gasteiger partial charge on any atom is -0.326 e. The molecule has 0 bridgehead atoms. The number of rotatable bonds is 5. The fourth-order valence-corrected chi connectivity index (χ4v) is 5.06. The van der Waals surface area contributed by atoms with Gasteiger partial charge in [-0.2, -0.15) is 4.31 Å². The summed E-state index contributed by atoms with van der Waals surface area (Å²) < 4.78 is 40.5. The molecule has 0 aromatic heterocycles. The molecular formula is C20H23FN2O3S. The van der Waals surface area contributed by atoms with Gasteiger partial charge in [0.1, 0.15) is 5.82 Å². The van der Waals surface area contributed by atoms with E-state index in [4.69, 9.17) is 0 Å². The second kappa shape index (κ2) is 8.19. The third-order valence-corrected chi connectivity index (χ3v) is 6.80. The van der Waals surface area contributed by atoms with E-state index >= 15 is 0 Å². The van der Waals surface area contributed by atoms with E-state index in [0.29, 0.717) is 13.0 Å².